The minimum Gasteiger partial charge on any atom is -0.494 e. The zero-order valence-electron chi connectivity index (χ0n) is 11.5. The lowest BCUT2D eigenvalue weighted by Gasteiger charge is -2.09. The van der Waals surface area contributed by atoms with Crippen LogP contribution in [0.5, 0.6) is 5.75 Å². The van der Waals surface area contributed by atoms with E-state index >= 15 is 0 Å². The summed E-state index contributed by atoms with van der Waals surface area (Å²) in [6, 6.07) is 7.54. The van der Waals surface area contributed by atoms with E-state index in [4.69, 9.17) is 4.74 Å². The summed E-state index contributed by atoms with van der Waals surface area (Å²) in [5, 5.41) is 3.18. The first-order valence-electron chi connectivity index (χ1n) is 6.30. The van der Waals surface area contributed by atoms with Crippen LogP contribution in [-0.4, -0.2) is 18.7 Å². The van der Waals surface area contributed by atoms with E-state index in [1.807, 2.05) is 30.1 Å². The first kappa shape index (κ1) is 13.6. The highest BCUT2D eigenvalue weighted by molar-refractivity contribution is 5.31. The molecule has 19 heavy (non-hydrogen) atoms. The number of nitrogens with zero attached hydrogens (tertiary/aromatic N) is 1. The van der Waals surface area contributed by atoms with Crippen molar-refractivity contribution in [3.63, 3.8) is 0 Å². The van der Waals surface area contributed by atoms with Crippen LogP contribution < -0.4 is 10.1 Å². The number of halogens is 1. The van der Waals surface area contributed by atoms with Crippen molar-refractivity contribution in [3.8, 4) is 5.75 Å². The first-order valence-corrected chi connectivity index (χ1v) is 6.30. The molecular weight excluding hydrogens is 243 g/mol. The lowest BCUT2D eigenvalue weighted by molar-refractivity contribution is 0.383. The highest BCUT2D eigenvalue weighted by Crippen LogP contribution is 2.21. The lowest BCUT2D eigenvalue weighted by Crippen LogP contribution is -2.11. The third kappa shape index (κ3) is 2.96. The number of benzene rings is 1. The van der Waals surface area contributed by atoms with Gasteiger partial charge in [-0.15, -0.1) is 0 Å². The molecule has 3 nitrogen and oxygen atoms in total. The molecule has 2 aromatic rings. The Morgan fingerprint density at radius 3 is 2.84 bits per heavy atom. The highest BCUT2D eigenvalue weighted by Gasteiger charge is 2.10. The molecule has 0 aliphatic heterocycles. The van der Waals surface area contributed by atoms with E-state index in [1.165, 1.54) is 12.7 Å². The fraction of sp³-hybridized carbons (Fsp3) is 0.333. The minimum absolute atomic E-state index is 0.286. The second-order valence-corrected chi connectivity index (χ2v) is 4.56. The third-order valence-electron chi connectivity index (χ3n) is 3.32. The van der Waals surface area contributed by atoms with Crippen LogP contribution in [0.3, 0.4) is 0 Å². The summed E-state index contributed by atoms with van der Waals surface area (Å²) < 4.78 is 21.0. The van der Waals surface area contributed by atoms with Gasteiger partial charge in [0, 0.05) is 24.0 Å². The number of aromatic nitrogens is 1. The van der Waals surface area contributed by atoms with Crippen LogP contribution in [0.15, 0.2) is 36.7 Å². The Hall–Kier alpha value is -1.81. The van der Waals surface area contributed by atoms with Crippen molar-refractivity contribution < 1.29 is 9.13 Å². The highest BCUT2D eigenvalue weighted by atomic mass is 19.1. The summed E-state index contributed by atoms with van der Waals surface area (Å²) in [5.74, 6) is -0.00427. The fourth-order valence-corrected chi connectivity index (χ4v) is 2.01. The number of nitrogens with one attached hydrogen (secondary N) is 1. The lowest BCUT2D eigenvalue weighted by atomic mass is 10.2. The number of ether oxygens (including phenoxy) is 1. The molecule has 102 valence electrons. The molecule has 1 atom stereocenters. The molecule has 0 radical (unpaired) electrons. The maximum Gasteiger partial charge on any atom is 0.170 e. The van der Waals surface area contributed by atoms with Gasteiger partial charge in [0.25, 0.3) is 0 Å². The number of hydrogen-bond donors (Lipinski definition) is 1. The molecule has 0 aliphatic carbocycles. The van der Waals surface area contributed by atoms with E-state index in [0.717, 1.165) is 0 Å². The molecule has 0 saturated carbocycles. The Bertz CT molecular complexity index is 551. The Morgan fingerprint density at radius 1 is 1.37 bits per heavy atom. The maximum atomic E-state index is 14.0. The molecule has 1 N–H and O–H groups in total. The van der Waals surface area contributed by atoms with Crippen molar-refractivity contribution in [1.82, 2.24) is 9.88 Å². The van der Waals surface area contributed by atoms with E-state index in [9.17, 15) is 4.39 Å². The van der Waals surface area contributed by atoms with Crippen molar-refractivity contribution >= 4 is 0 Å². The molecule has 1 aromatic carbocycles. The van der Waals surface area contributed by atoms with Crippen LogP contribution in [0, 0.1) is 5.82 Å². The Morgan fingerprint density at radius 2 is 2.16 bits per heavy atom. The van der Waals surface area contributed by atoms with Gasteiger partial charge >= 0.3 is 0 Å². The molecule has 2 rings (SSSR count). The van der Waals surface area contributed by atoms with E-state index < -0.39 is 0 Å². The normalized spacial score (nSPS) is 12.4. The summed E-state index contributed by atoms with van der Waals surface area (Å²) in [4.78, 5) is 0. The summed E-state index contributed by atoms with van der Waals surface area (Å²) in [6.07, 6.45) is 3.99. The summed E-state index contributed by atoms with van der Waals surface area (Å²) in [7, 11) is 3.40. The van der Waals surface area contributed by atoms with Gasteiger partial charge in [0.2, 0.25) is 0 Å². The minimum atomic E-state index is -0.290. The standard InChI is InChI=1S/C15H19FN2O/c1-11(17-2)12-7-8-18(9-12)10-13-5-4-6-14(19-3)15(13)16/h4-9,11,17H,10H2,1-3H3. The predicted octanol–water partition coefficient (Wildman–Crippen LogP) is 2.96. The van der Waals surface area contributed by atoms with E-state index in [-0.39, 0.29) is 17.6 Å². The molecule has 0 amide bonds. The van der Waals surface area contributed by atoms with Gasteiger partial charge in [-0.25, -0.2) is 4.39 Å². The largest absolute Gasteiger partial charge is 0.494 e. The molecule has 1 heterocycles. The van der Waals surface area contributed by atoms with Crippen molar-refractivity contribution in [2.24, 2.45) is 0 Å². The monoisotopic (exact) mass is 262 g/mol. The average molecular weight is 262 g/mol. The molecular formula is C15H19FN2O. The molecule has 1 aromatic heterocycles. The third-order valence-corrected chi connectivity index (χ3v) is 3.32. The molecule has 1 unspecified atom stereocenters. The van der Waals surface area contributed by atoms with Gasteiger partial charge in [0.15, 0.2) is 11.6 Å². The number of hydrogen-bond acceptors (Lipinski definition) is 2. The van der Waals surface area contributed by atoms with E-state index in [1.54, 1.807) is 18.2 Å². The number of methoxy groups -OCH3 is 1. The Labute approximate surface area is 113 Å². The van der Waals surface area contributed by atoms with Gasteiger partial charge in [0.1, 0.15) is 0 Å². The predicted molar refractivity (Wildman–Crippen MR) is 74.0 cm³/mol. The van der Waals surface area contributed by atoms with Gasteiger partial charge < -0.3 is 14.6 Å². The van der Waals surface area contributed by atoms with Crippen LogP contribution in [-0.2, 0) is 6.54 Å². The fourth-order valence-electron chi connectivity index (χ4n) is 2.01. The zero-order chi connectivity index (χ0) is 13.8. The number of rotatable bonds is 5. The summed E-state index contributed by atoms with van der Waals surface area (Å²) in [6.45, 7) is 2.59. The van der Waals surface area contributed by atoms with E-state index in [2.05, 4.69) is 12.2 Å². The SMILES string of the molecule is CNC(C)c1ccn(Cc2cccc(OC)c2F)c1. The van der Waals surface area contributed by atoms with Crippen molar-refractivity contribution in [3.05, 3.63) is 53.6 Å². The second kappa shape index (κ2) is 5.89. The van der Waals surface area contributed by atoms with Crippen LogP contribution in [0.1, 0.15) is 24.1 Å². The van der Waals surface area contributed by atoms with Crippen molar-refractivity contribution in [1.29, 1.82) is 0 Å². The van der Waals surface area contributed by atoms with Gasteiger partial charge in [-0.05, 0) is 31.7 Å². The van der Waals surface area contributed by atoms with Gasteiger partial charge in [-0.1, -0.05) is 12.1 Å². The van der Waals surface area contributed by atoms with E-state index in [0.29, 0.717) is 12.1 Å². The Balaban J connectivity index is 2.19. The molecule has 0 bridgehead atoms. The molecule has 0 saturated heterocycles. The maximum absolute atomic E-state index is 14.0. The zero-order valence-corrected chi connectivity index (χ0v) is 11.5. The average Bonchev–Trinajstić information content (AvgIpc) is 2.89. The Kier molecular flexibility index (Phi) is 4.22. The smallest absolute Gasteiger partial charge is 0.170 e. The van der Waals surface area contributed by atoms with Crippen LogP contribution >= 0.6 is 0 Å². The van der Waals surface area contributed by atoms with Gasteiger partial charge in [-0.3, -0.25) is 0 Å². The van der Waals surface area contributed by atoms with Gasteiger partial charge in [0.05, 0.1) is 13.7 Å². The van der Waals surface area contributed by atoms with Crippen molar-refractivity contribution in [2.75, 3.05) is 14.2 Å². The second-order valence-electron chi connectivity index (χ2n) is 4.56. The first-order chi connectivity index (χ1) is 9.15. The van der Waals surface area contributed by atoms with Crippen molar-refractivity contribution in [2.45, 2.75) is 19.5 Å². The van der Waals surface area contributed by atoms with Crippen LogP contribution in [0.4, 0.5) is 4.39 Å². The van der Waals surface area contributed by atoms with Gasteiger partial charge in [-0.2, -0.15) is 0 Å². The quantitative estimate of drug-likeness (QED) is 0.896. The molecule has 0 fully saturated rings. The molecule has 0 spiro atoms. The topological polar surface area (TPSA) is 26.2 Å². The molecule has 4 heteroatoms. The van der Waals surface area contributed by atoms with Crippen LogP contribution in [0.2, 0.25) is 0 Å². The molecule has 0 aliphatic rings. The summed E-state index contributed by atoms with van der Waals surface area (Å²) in [5.41, 5.74) is 1.81. The summed E-state index contributed by atoms with van der Waals surface area (Å²) >= 11 is 0. The van der Waals surface area contributed by atoms with Crippen LogP contribution in [0.25, 0.3) is 0 Å².